The van der Waals surface area contributed by atoms with Gasteiger partial charge in [0.15, 0.2) is 0 Å². The van der Waals surface area contributed by atoms with E-state index in [1.54, 1.807) is 0 Å². The van der Waals surface area contributed by atoms with Crippen molar-refractivity contribution in [3.63, 3.8) is 0 Å². The Morgan fingerprint density at radius 2 is 1.72 bits per heavy atom. The van der Waals surface area contributed by atoms with E-state index >= 15 is 0 Å². The van der Waals surface area contributed by atoms with Gasteiger partial charge in [-0.3, -0.25) is 0 Å². The number of allylic oxidation sites excluding steroid dienone is 1. The van der Waals surface area contributed by atoms with Crippen LogP contribution < -0.4 is 10.1 Å². The van der Waals surface area contributed by atoms with Gasteiger partial charge in [-0.05, 0) is 67.8 Å². The number of hydrogen-bond donors (Lipinski definition) is 1. The molecule has 0 amide bonds. The van der Waals surface area contributed by atoms with Crippen LogP contribution >= 0.6 is 11.6 Å². The number of nitrogens with one attached hydrogen (secondary N) is 1. The number of fused-ring (bicyclic) bond motifs is 5. The first-order valence-electron chi connectivity index (χ1n) is 9.81. The fourth-order valence-corrected chi connectivity index (χ4v) is 4.54. The number of benzene rings is 3. The molecule has 0 bridgehead atoms. The summed E-state index contributed by atoms with van der Waals surface area (Å²) in [6.07, 6.45) is 4.40. The Morgan fingerprint density at radius 1 is 0.931 bits per heavy atom. The lowest BCUT2D eigenvalue weighted by atomic mass is 9.83. The van der Waals surface area contributed by atoms with Crippen molar-refractivity contribution in [2.24, 2.45) is 0 Å². The van der Waals surface area contributed by atoms with E-state index in [4.69, 9.17) is 16.3 Å². The molecule has 0 spiro atoms. The van der Waals surface area contributed by atoms with Crippen molar-refractivity contribution in [3.05, 3.63) is 88.5 Å². The van der Waals surface area contributed by atoms with Gasteiger partial charge in [-0.15, -0.1) is 0 Å². The molecule has 2 heterocycles. The van der Waals surface area contributed by atoms with E-state index in [9.17, 15) is 0 Å². The lowest BCUT2D eigenvalue weighted by Crippen LogP contribution is -2.32. The van der Waals surface area contributed by atoms with Gasteiger partial charge >= 0.3 is 0 Å². The van der Waals surface area contributed by atoms with Crippen LogP contribution in [0.5, 0.6) is 5.75 Å². The van der Waals surface area contributed by atoms with Crippen molar-refractivity contribution in [2.45, 2.75) is 26.3 Å². The maximum Gasteiger partial charge on any atom is 0.136 e. The average molecular weight is 400 g/mol. The molecule has 0 fully saturated rings. The van der Waals surface area contributed by atoms with Crippen LogP contribution in [0.4, 0.5) is 5.69 Å². The minimum Gasteiger partial charge on any atom is -0.456 e. The molecule has 29 heavy (non-hydrogen) atoms. The van der Waals surface area contributed by atoms with E-state index in [0.29, 0.717) is 5.02 Å². The number of hydrogen-bond acceptors (Lipinski definition) is 2. The predicted molar refractivity (Wildman–Crippen MR) is 123 cm³/mol. The van der Waals surface area contributed by atoms with E-state index < -0.39 is 0 Å². The van der Waals surface area contributed by atoms with Crippen molar-refractivity contribution in [3.8, 4) is 16.9 Å². The van der Waals surface area contributed by atoms with Crippen LogP contribution in [0.15, 0.2) is 66.7 Å². The average Bonchev–Trinajstić information content (AvgIpc) is 2.67. The van der Waals surface area contributed by atoms with Gasteiger partial charge in [0.25, 0.3) is 0 Å². The third kappa shape index (κ3) is 3.14. The molecule has 0 saturated carbocycles. The van der Waals surface area contributed by atoms with Gasteiger partial charge in [-0.1, -0.05) is 54.1 Å². The number of anilines is 1. The summed E-state index contributed by atoms with van der Waals surface area (Å²) in [7, 11) is 0. The minimum absolute atomic E-state index is 0.0919. The third-order valence-electron chi connectivity index (χ3n) is 5.43. The minimum atomic E-state index is -0.0919. The van der Waals surface area contributed by atoms with Gasteiger partial charge in [0.1, 0.15) is 11.5 Å². The van der Waals surface area contributed by atoms with Crippen molar-refractivity contribution in [1.29, 1.82) is 0 Å². The molecule has 3 aromatic rings. The van der Waals surface area contributed by atoms with Crippen molar-refractivity contribution >= 4 is 34.7 Å². The Labute approximate surface area is 176 Å². The summed E-state index contributed by atoms with van der Waals surface area (Å²) in [5.41, 5.74) is 7.85. The van der Waals surface area contributed by atoms with Crippen LogP contribution in [-0.2, 0) is 0 Å². The summed E-state index contributed by atoms with van der Waals surface area (Å²) in [6, 6.07) is 20.4. The fraction of sp³-hybridized carbons (Fsp3) is 0.154. The second-order valence-electron chi connectivity index (χ2n) is 8.25. The van der Waals surface area contributed by atoms with Crippen LogP contribution in [0.25, 0.3) is 28.5 Å². The molecule has 3 heteroatoms. The Balaban J connectivity index is 1.81. The van der Waals surface area contributed by atoms with Crippen molar-refractivity contribution in [2.75, 3.05) is 5.32 Å². The molecule has 0 saturated heterocycles. The molecule has 0 radical (unpaired) electrons. The van der Waals surface area contributed by atoms with Crippen LogP contribution in [0.3, 0.4) is 0 Å². The maximum absolute atomic E-state index is 6.43. The molecule has 5 rings (SSSR count). The van der Waals surface area contributed by atoms with E-state index in [1.165, 1.54) is 11.1 Å². The first kappa shape index (κ1) is 18.1. The van der Waals surface area contributed by atoms with Crippen molar-refractivity contribution in [1.82, 2.24) is 0 Å². The summed E-state index contributed by atoms with van der Waals surface area (Å²) in [4.78, 5) is 0. The summed E-state index contributed by atoms with van der Waals surface area (Å²) in [5.74, 6) is 1.68. The molecule has 0 aromatic heterocycles. The number of halogens is 1. The standard InChI is InChI=1S/C26H22ClNO/c1-16-15-26(2,3)28-21-11-10-19-20-14-18(27)9-12-22(20)29-23(25(19)24(16)21)13-17-7-5-4-6-8-17/h4-15,28H,1-3H3/b23-13-. The first-order valence-corrected chi connectivity index (χ1v) is 10.2. The first-order chi connectivity index (χ1) is 13.9. The number of ether oxygens (including phenoxy) is 1. The largest absolute Gasteiger partial charge is 0.456 e. The Morgan fingerprint density at radius 3 is 2.52 bits per heavy atom. The molecular formula is C26H22ClNO. The predicted octanol–water partition coefficient (Wildman–Crippen LogP) is 7.50. The molecule has 2 nitrogen and oxygen atoms in total. The highest BCUT2D eigenvalue weighted by atomic mass is 35.5. The van der Waals surface area contributed by atoms with Crippen LogP contribution in [0.1, 0.15) is 37.5 Å². The zero-order valence-corrected chi connectivity index (χ0v) is 17.5. The lowest BCUT2D eigenvalue weighted by Gasteiger charge is -2.35. The van der Waals surface area contributed by atoms with E-state index in [2.05, 4.69) is 62.5 Å². The SMILES string of the molecule is CC1=CC(C)(C)Nc2ccc3c(c21)/C(=C/c1ccccc1)Oc1ccc(Cl)cc1-3. The summed E-state index contributed by atoms with van der Waals surface area (Å²) < 4.78 is 6.43. The Hall–Kier alpha value is -2.97. The molecule has 2 aliphatic rings. The van der Waals surface area contributed by atoms with E-state index in [-0.39, 0.29) is 5.54 Å². The molecule has 0 atom stereocenters. The molecule has 2 aliphatic heterocycles. The second-order valence-corrected chi connectivity index (χ2v) is 8.68. The zero-order valence-electron chi connectivity index (χ0n) is 16.7. The van der Waals surface area contributed by atoms with Gasteiger partial charge in [-0.2, -0.15) is 0 Å². The Bertz CT molecular complexity index is 1190. The van der Waals surface area contributed by atoms with Crippen LogP contribution in [0.2, 0.25) is 5.02 Å². The van der Waals surface area contributed by atoms with Crippen molar-refractivity contribution < 1.29 is 4.74 Å². The molecular weight excluding hydrogens is 378 g/mol. The second kappa shape index (κ2) is 6.53. The third-order valence-corrected chi connectivity index (χ3v) is 5.66. The molecule has 3 aromatic carbocycles. The van der Waals surface area contributed by atoms with E-state index in [1.807, 2.05) is 36.4 Å². The van der Waals surface area contributed by atoms with Crippen LogP contribution in [-0.4, -0.2) is 5.54 Å². The lowest BCUT2D eigenvalue weighted by molar-refractivity contribution is 0.514. The molecule has 1 N–H and O–H groups in total. The summed E-state index contributed by atoms with van der Waals surface area (Å²) >= 11 is 6.32. The van der Waals surface area contributed by atoms with E-state index in [0.717, 1.165) is 39.4 Å². The van der Waals surface area contributed by atoms with Gasteiger partial charge in [0, 0.05) is 27.4 Å². The summed E-state index contributed by atoms with van der Waals surface area (Å²) in [6.45, 7) is 6.55. The molecule has 0 aliphatic carbocycles. The molecule has 0 unspecified atom stereocenters. The highest BCUT2D eigenvalue weighted by Gasteiger charge is 2.31. The maximum atomic E-state index is 6.43. The van der Waals surface area contributed by atoms with Gasteiger partial charge in [0.2, 0.25) is 0 Å². The van der Waals surface area contributed by atoms with Gasteiger partial charge in [-0.25, -0.2) is 0 Å². The normalized spacial score (nSPS) is 17.4. The Kier molecular flexibility index (Phi) is 4.07. The monoisotopic (exact) mass is 399 g/mol. The fourth-order valence-electron chi connectivity index (χ4n) is 4.37. The smallest absolute Gasteiger partial charge is 0.136 e. The quantitative estimate of drug-likeness (QED) is 0.457. The number of rotatable bonds is 1. The zero-order chi connectivity index (χ0) is 20.2. The van der Waals surface area contributed by atoms with Gasteiger partial charge in [0.05, 0.1) is 5.54 Å². The highest BCUT2D eigenvalue weighted by molar-refractivity contribution is 6.31. The highest BCUT2D eigenvalue weighted by Crippen LogP contribution is 2.49. The van der Waals surface area contributed by atoms with Crippen LogP contribution in [0, 0.1) is 0 Å². The molecule has 144 valence electrons. The topological polar surface area (TPSA) is 21.3 Å². The summed E-state index contributed by atoms with van der Waals surface area (Å²) in [5, 5.41) is 4.36. The van der Waals surface area contributed by atoms with Gasteiger partial charge < -0.3 is 10.1 Å².